The Morgan fingerprint density at radius 2 is 1.95 bits per heavy atom. The van der Waals surface area contributed by atoms with Gasteiger partial charge in [-0.05, 0) is 48.4 Å². The van der Waals surface area contributed by atoms with Gasteiger partial charge in [-0.3, -0.25) is 5.41 Å². The molecule has 0 saturated heterocycles. The Kier molecular flexibility index (Phi) is 3.98. The Balaban J connectivity index is 2.15. The summed E-state index contributed by atoms with van der Waals surface area (Å²) in [5.74, 6) is -1.14. The molecule has 0 aliphatic rings. The molecular formula is C15H14F2N2O. The fourth-order valence-electron chi connectivity index (χ4n) is 1.74. The molecule has 5 heteroatoms. The average Bonchev–Trinajstić information content (AvgIpc) is 2.40. The first-order chi connectivity index (χ1) is 9.47. The molecule has 0 fully saturated rings. The van der Waals surface area contributed by atoms with E-state index in [0.29, 0.717) is 5.56 Å². The summed E-state index contributed by atoms with van der Waals surface area (Å²) in [6, 6.07) is 8.40. The minimum atomic E-state index is -0.605. The topological polar surface area (TPSA) is 59.1 Å². The summed E-state index contributed by atoms with van der Waals surface area (Å²) < 4.78 is 32.2. The number of rotatable bonds is 4. The van der Waals surface area contributed by atoms with E-state index < -0.39 is 5.82 Å². The average molecular weight is 276 g/mol. The number of amidine groups is 1. The van der Waals surface area contributed by atoms with Crippen LogP contribution in [0.1, 0.15) is 16.7 Å². The maximum atomic E-state index is 13.7. The molecule has 3 N–H and O–H groups in total. The maximum absolute atomic E-state index is 13.7. The molecule has 3 nitrogen and oxygen atoms in total. The third kappa shape index (κ3) is 3.12. The summed E-state index contributed by atoms with van der Waals surface area (Å²) in [4.78, 5) is 0. The highest BCUT2D eigenvalue weighted by Gasteiger charge is 2.08. The quantitative estimate of drug-likeness (QED) is 0.665. The number of benzene rings is 2. The predicted molar refractivity (Wildman–Crippen MR) is 72.9 cm³/mol. The van der Waals surface area contributed by atoms with Crippen molar-refractivity contribution in [1.29, 1.82) is 5.41 Å². The van der Waals surface area contributed by atoms with Crippen LogP contribution in [0.3, 0.4) is 0 Å². The van der Waals surface area contributed by atoms with Crippen molar-refractivity contribution in [3.05, 3.63) is 64.7 Å². The zero-order valence-electron chi connectivity index (χ0n) is 10.9. The first-order valence-corrected chi connectivity index (χ1v) is 5.99. The van der Waals surface area contributed by atoms with E-state index in [-0.39, 0.29) is 29.6 Å². The van der Waals surface area contributed by atoms with Gasteiger partial charge < -0.3 is 10.5 Å². The molecular weight excluding hydrogens is 262 g/mol. The number of halogens is 2. The van der Waals surface area contributed by atoms with Gasteiger partial charge in [-0.2, -0.15) is 0 Å². The van der Waals surface area contributed by atoms with E-state index in [0.717, 1.165) is 11.6 Å². The van der Waals surface area contributed by atoms with Crippen LogP contribution in [0.15, 0.2) is 36.4 Å². The first-order valence-electron chi connectivity index (χ1n) is 5.99. The Labute approximate surface area is 115 Å². The molecule has 0 atom stereocenters. The lowest BCUT2D eigenvalue weighted by molar-refractivity contribution is 0.289. The lowest BCUT2D eigenvalue weighted by atomic mass is 10.1. The van der Waals surface area contributed by atoms with Crippen molar-refractivity contribution < 1.29 is 13.5 Å². The number of nitrogens with two attached hydrogens (primary N) is 1. The fraction of sp³-hybridized carbons (Fsp3) is 0.133. The van der Waals surface area contributed by atoms with Crippen LogP contribution in [-0.4, -0.2) is 5.84 Å². The molecule has 0 aromatic heterocycles. The van der Waals surface area contributed by atoms with Gasteiger partial charge in [-0.15, -0.1) is 0 Å². The number of ether oxygens (including phenoxy) is 1. The van der Waals surface area contributed by atoms with E-state index in [4.69, 9.17) is 15.9 Å². The number of nitrogens with one attached hydrogen (secondary N) is 1. The minimum Gasteiger partial charge on any atom is -0.486 e. The summed E-state index contributed by atoms with van der Waals surface area (Å²) in [7, 11) is 0. The Bertz CT molecular complexity index is 656. The van der Waals surface area contributed by atoms with Crippen LogP contribution in [0.25, 0.3) is 0 Å². The Hall–Kier alpha value is -2.43. The molecule has 0 unspecified atom stereocenters. The van der Waals surface area contributed by atoms with Gasteiger partial charge in [0.1, 0.15) is 18.3 Å². The second-order valence-electron chi connectivity index (χ2n) is 4.42. The number of hydrogen-bond donors (Lipinski definition) is 2. The van der Waals surface area contributed by atoms with Crippen molar-refractivity contribution in [3.8, 4) is 5.75 Å². The molecule has 0 amide bonds. The van der Waals surface area contributed by atoms with Crippen LogP contribution in [0.2, 0.25) is 0 Å². The minimum absolute atomic E-state index is 0.0404. The summed E-state index contributed by atoms with van der Waals surface area (Å²) in [5.41, 5.74) is 7.08. The highest BCUT2D eigenvalue weighted by Crippen LogP contribution is 2.20. The highest BCUT2D eigenvalue weighted by atomic mass is 19.1. The van der Waals surface area contributed by atoms with E-state index in [1.807, 2.05) is 6.92 Å². The van der Waals surface area contributed by atoms with Gasteiger partial charge in [0.25, 0.3) is 0 Å². The van der Waals surface area contributed by atoms with Crippen LogP contribution >= 0.6 is 0 Å². The standard InChI is InChI=1S/C15H14F2N2O/c1-9-2-4-12(16)6-11(9)8-20-14-5-3-10(15(18)19)7-13(14)17/h2-7H,8H2,1H3,(H3,18,19). The van der Waals surface area contributed by atoms with Gasteiger partial charge in [-0.25, -0.2) is 8.78 Å². The lowest BCUT2D eigenvalue weighted by Crippen LogP contribution is -2.11. The SMILES string of the molecule is Cc1ccc(F)cc1COc1ccc(C(=N)N)cc1F. The molecule has 2 aromatic carbocycles. The monoisotopic (exact) mass is 276 g/mol. The largest absolute Gasteiger partial charge is 0.486 e. The van der Waals surface area contributed by atoms with Crippen molar-refractivity contribution in [3.63, 3.8) is 0 Å². The van der Waals surface area contributed by atoms with Crippen molar-refractivity contribution in [1.82, 2.24) is 0 Å². The Morgan fingerprint density at radius 3 is 2.60 bits per heavy atom. The van der Waals surface area contributed by atoms with E-state index >= 15 is 0 Å². The molecule has 0 heterocycles. The third-order valence-electron chi connectivity index (χ3n) is 2.94. The number of aryl methyl sites for hydroxylation is 1. The van der Waals surface area contributed by atoms with Crippen LogP contribution in [0.4, 0.5) is 8.78 Å². The Morgan fingerprint density at radius 1 is 1.20 bits per heavy atom. The molecule has 0 saturated carbocycles. The third-order valence-corrected chi connectivity index (χ3v) is 2.94. The van der Waals surface area contributed by atoms with Crippen molar-refractivity contribution in [2.45, 2.75) is 13.5 Å². The second kappa shape index (κ2) is 5.69. The highest BCUT2D eigenvalue weighted by molar-refractivity contribution is 5.95. The zero-order chi connectivity index (χ0) is 14.7. The summed E-state index contributed by atoms with van der Waals surface area (Å²) in [6.45, 7) is 1.90. The summed E-state index contributed by atoms with van der Waals surface area (Å²) in [6.07, 6.45) is 0. The van der Waals surface area contributed by atoms with Gasteiger partial charge in [0.2, 0.25) is 0 Å². The van der Waals surface area contributed by atoms with Crippen LogP contribution in [0, 0.1) is 24.0 Å². The van der Waals surface area contributed by atoms with Crippen molar-refractivity contribution in [2.24, 2.45) is 5.73 Å². The molecule has 2 aromatic rings. The molecule has 20 heavy (non-hydrogen) atoms. The van der Waals surface area contributed by atoms with Crippen LogP contribution in [-0.2, 0) is 6.61 Å². The summed E-state index contributed by atoms with van der Waals surface area (Å²) in [5, 5.41) is 7.22. The molecule has 0 spiro atoms. The first kappa shape index (κ1) is 14.0. The molecule has 0 aliphatic carbocycles. The van der Waals surface area contributed by atoms with E-state index in [1.165, 1.54) is 24.3 Å². The summed E-state index contributed by atoms with van der Waals surface area (Å²) >= 11 is 0. The predicted octanol–water partition coefficient (Wildman–Crippen LogP) is 3.14. The van der Waals surface area contributed by atoms with Crippen molar-refractivity contribution >= 4 is 5.84 Å². The fourth-order valence-corrected chi connectivity index (χ4v) is 1.74. The van der Waals surface area contributed by atoms with Gasteiger partial charge in [0, 0.05) is 5.56 Å². The van der Waals surface area contributed by atoms with E-state index in [1.54, 1.807) is 6.07 Å². The van der Waals surface area contributed by atoms with E-state index in [9.17, 15) is 8.78 Å². The molecule has 104 valence electrons. The van der Waals surface area contributed by atoms with Crippen LogP contribution in [0.5, 0.6) is 5.75 Å². The smallest absolute Gasteiger partial charge is 0.165 e. The van der Waals surface area contributed by atoms with Gasteiger partial charge in [0.15, 0.2) is 11.6 Å². The van der Waals surface area contributed by atoms with E-state index in [2.05, 4.69) is 0 Å². The zero-order valence-corrected chi connectivity index (χ0v) is 10.9. The molecule has 0 aliphatic heterocycles. The van der Waals surface area contributed by atoms with Crippen molar-refractivity contribution in [2.75, 3.05) is 0 Å². The molecule has 0 radical (unpaired) electrons. The molecule has 2 rings (SSSR count). The number of hydrogen-bond acceptors (Lipinski definition) is 2. The normalized spacial score (nSPS) is 10.3. The van der Waals surface area contributed by atoms with Gasteiger partial charge >= 0.3 is 0 Å². The van der Waals surface area contributed by atoms with Crippen LogP contribution < -0.4 is 10.5 Å². The number of nitrogen functional groups attached to an aromatic ring is 1. The van der Waals surface area contributed by atoms with Gasteiger partial charge in [0.05, 0.1) is 0 Å². The molecule has 0 bridgehead atoms. The lowest BCUT2D eigenvalue weighted by Gasteiger charge is -2.10. The second-order valence-corrected chi connectivity index (χ2v) is 4.42. The van der Waals surface area contributed by atoms with Gasteiger partial charge in [-0.1, -0.05) is 6.07 Å². The maximum Gasteiger partial charge on any atom is 0.165 e.